The maximum Gasteiger partial charge on any atom is 0.407 e. The maximum atomic E-state index is 11.0. The Morgan fingerprint density at radius 2 is 1.84 bits per heavy atom. The molecule has 0 aromatic heterocycles. The Hall–Kier alpha value is -0.900. The van der Waals surface area contributed by atoms with Crippen LogP contribution in [0.1, 0.15) is 20.8 Å². The average Bonchev–Trinajstić information content (AvgIpc) is 2.21. The van der Waals surface area contributed by atoms with E-state index in [0.717, 1.165) is 6.26 Å². The molecule has 19 heavy (non-hydrogen) atoms. The molecule has 0 saturated carbocycles. The van der Waals surface area contributed by atoms with Crippen LogP contribution < -0.4 is 11.1 Å². The second kappa shape index (κ2) is 9.96. The van der Waals surface area contributed by atoms with E-state index < -0.39 is 21.8 Å². The molecule has 0 bridgehead atoms. The SMILES string of the molecule is CC(C)(C)OC(=O)NCCOS(C)(=O)=O.NCCO. The van der Waals surface area contributed by atoms with Crippen molar-refractivity contribution in [2.24, 2.45) is 5.73 Å². The zero-order valence-corrected chi connectivity index (χ0v) is 12.6. The van der Waals surface area contributed by atoms with Crippen LogP contribution in [0.5, 0.6) is 0 Å². The molecule has 0 aliphatic carbocycles. The maximum absolute atomic E-state index is 11.0. The Morgan fingerprint density at radius 1 is 1.37 bits per heavy atom. The zero-order chi connectivity index (χ0) is 15.5. The van der Waals surface area contributed by atoms with Crippen molar-refractivity contribution < 1.29 is 27.2 Å². The van der Waals surface area contributed by atoms with Gasteiger partial charge in [0.15, 0.2) is 0 Å². The van der Waals surface area contributed by atoms with Crippen LogP contribution in [0.2, 0.25) is 0 Å². The van der Waals surface area contributed by atoms with Crippen LogP contribution >= 0.6 is 0 Å². The van der Waals surface area contributed by atoms with Gasteiger partial charge in [0.05, 0.1) is 19.5 Å². The molecule has 9 heteroatoms. The number of nitrogens with two attached hydrogens (primary N) is 1. The largest absolute Gasteiger partial charge is 0.444 e. The predicted molar refractivity (Wildman–Crippen MR) is 71.2 cm³/mol. The average molecular weight is 300 g/mol. The van der Waals surface area contributed by atoms with E-state index in [1.807, 2.05) is 0 Å². The third-order valence-electron chi connectivity index (χ3n) is 1.20. The molecule has 0 spiro atoms. The first-order chi connectivity index (χ1) is 8.52. The first kappa shape index (κ1) is 20.4. The Morgan fingerprint density at radius 3 is 2.16 bits per heavy atom. The van der Waals surface area contributed by atoms with Gasteiger partial charge >= 0.3 is 6.09 Å². The van der Waals surface area contributed by atoms with Crippen molar-refractivity contribution in [2.75, 3.05) is 32.6 Å². The van der Waals surface area contributed by atoms with Gasteiger partial charge in [-0.2, -0.15) is 8.42 Å². The highest BCUT2D eigenvalue weighted by Gasteiger charge is 2.15. The van der Waals surface area contributed by atoms with Gasteiger partial charge in [-0.25, -0.2) is 4.79 Å². The monoisotopic (exact) mass is 300 g/mol. The Kier molecular flexibility index (Phi) is 10.7. The Balaban J connectivity index is 0. The highest BCUT2D eigenvalue weighted by atomic mass is 32.2. The van der Waals surface area contributed by atoms with Crippen LogP contribution in [-0.4, -0.2) is 57.8 Å². The van der Waals surface area contributed by atoms with Crippen LogP contribution in [0.4, 0.5) is 4.79 Å². The molecule has 0 aliphatic heterocycles. The molecule has 0 radical (unpaired) electrons. The second-order valence-corrected chi connectivity index (χ2v) is 6.11. The van der Waals surface area contributed by atoms with E-state index in [9.17, 15) is 13.2 Å². The first-order valence-electron chi connectivity index (χ1n) is 5.64. The molecule has 1 amide bonds. The summed E-state index contributed by atoms with van der Waals surface area (Å²) < 4.78 is 30.4. The lowest BCUT2D eigenvalue weighted by Crippen LogP contribution is -2.34. The number of amides is 1. The highest BCUT2D eigenvalue weighted by molar-refractivity contribution is 7.85. The number of rotatable bonds is 5. The number of aliphatic hydroxyl groups is 1. The fourth-order valence-corrected chi connectivity index (χ4v) is 1.05. The summed E-state index contributed by atoms with van der Waals surface area (Å²) in [5.74, 6) is 0. The number of carbonyl (C=O) groups is 1. The minimum Gasteiger partial charge on any atom is -0.444 e. The van der Waals surface area contributed by atoms with Crippen molar-refractivity contribution in [3.8, 4) is 0 Å². The molecular formula is C10H24N2O6S. The number of aliphatic hydroxyl groups excluding tert-OH is 1. The molecule has 0 aromatic rings. The minimum atomic E-state index is -3.45. The molecule has 0 fully saturated rings. The smallest absolute Gasteiger partial charge is 0.407 e. The molecule has 0 atom stereocenters. The highest BCUT2D eigenvalue weighted by Crippen LogP contribution is 2.05. The lowest BCUT2D eigenvalue weighted by Gasteiger charge is -2.19. The van der Waals surface area contributed by atoms with E-state index in [4.69, 9.17) is 15.6 Å². The first-order valence-corrected chi connectivity index (χ1v) is 7.45. The van der Waals surface area contributed by atoms with E-state index >= 15 is 0 Å². The minimum absolute atomic E-state index is 0.0853. The van der Waals surface area contributed by atoms with Gasteiger partial charge in [0.2, 0.25) is 0 Å². The fourth-order valence-electron chi connectivity index (χ4n) is 0.660. The fraction of sp³-hybridized carbons (Fsp3) is 0.900. The lowest BCUT2D eigenvalue weighted by molar-refractivity contribution is 0.0520. The molecule has 4 N–H and O–H groups in total. The number of ether oxygens (including phenoxy) is 1. The van der Waals surface area contributed by atoms with E-state index in [2.05, 4.69) is 9.50 Å². The van der Waals surface area contributed by atoms with Crippen molar-refractivity contribution in [1.29, 1.82) is 0 Å². The van der Waals surface area contributed by atoms with Crippen LogP contribution in [0.15, 0.2) is 0 Å². The van der Waals surface area contributed by atoms with E-state index in [0.29, 0.717) is 6.54 Å². The van der Waals surface area contributed by atoms with Gasteiger partial charge in [0.25, 0.3) is 10.1 Å². The van der Waals surface area contributed by atoms with Crippen molar-refractivity contribution in [3.63, 3.8) is 0 Å². The third kappa shape index (κ3) is 22.7. The van der Waals surface area contributed by atoms with Gasteiger partial charge in [-0.3, -0.25) is 4.18 Å². The van der Waals surface area contributed by atoms with Gasteiger partial charge in [0.1, 0.15) is 5.60 Å². The van der Waals surface area contributed by atoms with Crippen molar-refractivity contribution in [3.05, 3.63) is 0 Å². The zero-order valence-electron chi connectivity index (χ0n) is 11.8. The van der Waals surface area contributed by atoms with Crippen LogP contribution in [0.25, 0.3) is 0 Å². The standard InChI is InChI=1S/C8H17NO5S.C2H7NO/c1-8(2,3)14-7(10)9-5-6-13-15(4,11)12;3-1-2-4/h5-6H2,1-4H3,(H,9,10);4H,1-3H2. The Labute approximate surface area is 114 Å². The van der Waals surface area contributed by atoms with Gasteiger partial charge in [0, 0.05) is 13.1 Å². The number of alkyl carbamates (subject to hydrolysis) is 1. The second-order valence-electron chi connectivity index (χ2n) is 4.47. The summed E-state index contributed by atoms with van der Waals surface area (Å²) in [6, 6.07) is 0. The van der Waals surface area contributed by atoms with Gasteiger partial charge in [-0.1, -0.05) is 0 Å². The number of carbonyl (C=O) groups excluding carboxylic acids is 1. The predicted octanol–water partition coefficient (Wildman–Crippen LogP) is -0.575. The topological polar surface area (TPSA) is 128 Å². The molecule has 0 unspecified atom stereocenters. The summed E-state index contributed by atoms with van der Waals surface area (Å²) in [5.41, 5.74) is 4.21. The van der Waals surface area contributed by atoms with Crippen molar-refractivity contribution in [1.82, 2.24) is 5.32 Å². The molecule has 0 aromatic carbocycles. The van der Waals surface area contributed by atoms with Crippen LogP contribution in [-0.2, 0) is 19.0 Å². The van der Waals surface area contributed by atoms with E-state index in [1.165, 1.54) is 0 Å². The third-order valence-corrected chi connectivity index (χ3v) is 1.79. The molecule has 116 valence electrons. The Bertz CT molecular complexity index is 334. The lowest BCUT2D eigenvalue weighted by atomic mass is 10.2. The summed E-state index contributed by atoms with van der Waals surface area (Å²) in [6.45, 7) is 5.67. The van der Waals surface area contributed by atoms with E-state index in [1.54, 1.807) is 20.8 Å². The van der Waals surface area contributed by atoms with Crippen LogP contribution in [0.3, 0.4) is 0 Å². The van der Waals surface area contributed by atoms with Gasteiger partial charge < -0.3 is 20.9 Å². The summed E-state index contributed by atoms with van der Waals surface area (Å²) >= 11 is 0. The van der Waals surface area contributed by atoms with E-state index in [-0.39, 0.29) is 19.8 Å². The van der Waals surface area contributed by atoms with Gasteiger partial charge in [-0.05, 0) is 20.8 Å². The molecule has 0 rings (SSSR count). The summed E-state index contributed by atoms with van der Waals surface area (Å²) in [5, 5.41) is 10.1. The molecule has 0 heterocycles. The summed E-state index contributed by atoms with van der Waals surface area (Å²) in [4.78, 5) is 11.0. The van der Waals surface area contributed by atoms with Crippen LogP contribution in [0, 0.1) is 0 Å². The van der Waals surface area contributed by atoms with Crippen molar-refractivity contribution >= 4 is 16.2 Å². The summed E-state index contributed by atoms with van der Waals surface area (Å²) in [6.07, 6.45) is 0.347. The molecular weight excluding hydrogens is 276 g/mol. The number of hydrogen-bond donors (Lipinski definition) is 3. The number of hydrogen-bond acceptors (Lipinski definition) is 7. The summed E-state index contributed by atoms with van der Waals surface area (Å²) in [7, 11) is -3.45. The molecule has 0 aliphatic rings. The number of nitrogens with one attached hydrogen (secondary N) is 1. The quantitative estimate of drug-likeness (QED) is 0.458. The van der Waals surface area contributed by atoms with Crippen molar-refractivity contribution in [2.45, 2.75) is 26.4 Å². The van der Waals surface area contributed by atoms with Gasteiger partial charge in [-0.15, -0.1) is 0 Å². The molecule has 8 nitrogen and oxygen atoms in total. The normalized spacial score (nSPS) is 11.3. The molecule has 0 saturated heterocycles.